The number of carbonyl (C=O) groups excluding carboxylic acids is 2. The first kappa shape index (κ1) is 24.4. The second-order valence-electron chi connectivity index (χ2n) is 8.12. The van der Waals surface area contributed by atoms with Gasteiger partial charge in [-0.15, -0.1) is 0 Å². The maximum Gasteiger partial charge on any atom is 0.268 e. The highest BCUT2D eigenvalue weighted by molar-refractivity contribution is 5.97. The van der Waals surface area contributed by atoms with Gasteiger partial charge in [-0.1, -0.05) is 24.0 Å². The van der Waals surface area contributed by atoms with Crippen LogP contribution in [0.1, 0.15) is 46.8 Å². The molecule has 0 bridgehead atoms. The predicted molar refractivity (Wildman–Crippen MR) is 124 cm³/mol. The molecule has 3 rings (SSSR count). The van der Waals surface area contributed by atoms with E-state index in [9.17, 15) is 14.7 Å². The van der Waals surface area contributed by atoms with Crippen molar-refractivity contribution in [3.8, 4) is 11.8 Å². The van der Waals surface area contributed by atoms with Crippen molar-refractivity contribution in [2.24, 2.45) is 0 Å². The molecule has 1 aliphatic heterocycles. The summed E-state index contributed by atoms with van der Waals surface area (Å²) in [5.74, 6) is 4.75. The van der Waals surface area contributed by atoms with Crippen molar-refractivity contribution in [1.82, 2.24) is 21.4 Å². The van der Waals surface area contributed by atoms with E-state index in [0.717, 1.165) is 30.8 Å². The van der Waals surface area contributed by atoms with Crippen molar-refractivity contribution in [3.63, 3.8) is 0 Å². The van der Waals surface area contributed by atoms with Crippen molar-refractivity contribution in [2.75, 3.05) is 13.1 Å². The quantitative estimate of drug-likeness (QED) is 0.212. The SMILES string of the molecule is C[C@@H](O)[C@H](NC(=O)c1ccc(C#Cc2ccc(CNC3CCCNC3)cc2)cc1)C(=O)NO. The van der Waals surface area contributed by atoms with E-state index in [1.54, 1.807) is 24.3 Å². The Morgan fingerprint density at radius 3 is 2.27 bits per heavy atom. The molecule has 0 radical (unpaired) electrons. The lowest BCUT2D eigenvalue weighted by Crippen LogP contribution is -2.51. The molecule has 2 aromatic rings. The number of amides is 2. The van der Waals surface area contributed by atoms with E-state index in [2.05, 4.69) is 39.9 Å². The molecular weight excluding hydrogens is 420 g/mol. The van der Waals surface area contributed by atoms with Gasteiger partial charge >= 0.3 is 0 Å². The molecule has 8 nitrogen and oxygen atoms in total. The normalized spacial score (nSPS) is 17.2. The zero-order valence-electron chi connectivity index (χ0n) is 18.6. The molecule has 8 heteroatoms. The molecule has 174 valence electrons. The Morgan fingerprint density at radius 2 is 1.73 bits per heavy atom. The minimum absolute atomic E-state index is 0.307. The fourth-order valence-electron chi connectivity index (χ4n) is 3.54. The van der Waals surface area contributed by atoms with Gasteiger partial charge in [-0.3, -0.25) is 14.8 Å². The third kappa shape index (κ3) is 7.41. The summed E-state index contributed by atoms with van der Waals surface area (Å²) in [6.07, 6.45) is 1.25. The molecule has 2 amide bonds. The van der Waals surface area contributed by atoms with Gasteiger partial charge in [-0.25, -0.2) is 5.48 Å². The second kappa shape index (κ2) is 12.1. The van der Waals surface area contributed by atoms with Crippen LogP contribution in [0.25, 0.3) is 0 Å². The lowest BCUT2D eigenvalue weighted by Gasteiger charge is -2.23. The van der Waals surface area contributed by atoms with E-state index in [4.69, 9.17) is 5.21 Å². The number of hydrogen-bond acceptors (Lipinski definition) is 6. The minimum Gasteiger partial charge on any atom is -0.391 e. The van der Waals surface area contributed by atoms with E-state index >= 15 is 0 Å². The van der Waals surface area contributed by atoms with Crippen LogP contribution in [0.2, 0.25) is 0 Å². The van der Waals surface area contributed by atoms with Gasteiger partial charge in [0.2, 0.25) is 0 Å². The summed E-state index contributed by atoms with van der Waals surface area (Å²) >= 11 is 0. The number of benzene rings is 2. The summed E-state index contributed by atoms with van der Waals surface area (Å²) in [6.45, 7) is 4.30. The number of hydrogen-bond donors (Lipinski definition) is 6. The number of hydroxylamine groups is 1. The molecule has 1 unspecified atom stereocenters. The number of aliphatic hydroxyl groups is 1. The number of carbonyl (C=O) groups is 2. The maximum absolute atomic E-state index is 12.3. The van der Waals surface area contributed by atoms with E-state index in [-0.39, 0.29) is 0 Å². The largest absolute Gasteiger partial charge is 0.391 e. The van der Waals surface area contributed by atoms with Crippen LogP contribution in [0, 0.1) is 11.8 Å². The molecule has 3 atom stereocenters. The van der Waals surface area contributed by atoms with Gasteiger partial charge in [-0.05, 0) is 68.3 Å². The van der Waals surface area contributed by atoms with Gasteiger partial charge in [0.1, 0.15) is 6.04 Å². The highest BCUT2D eigenvalue weighted by Gasteiger charge is 2.25. The highest BCUT2D eigenvalue weighted by atomic mass is 16.5. The van der Waals surface area contributed by atoms with Gasteiger partial charge in [-0.2, -0.15) is 0 Å². The van der Waals surface area contributed by atoms with Crippen LogP contribution >= 0.6 is 0 Å². The summed E-state index contributed by atoms with van der Waals surface area (Å²) in [7, 11) is 0. The van der Waals surface area contributed by atoms with Crippen molar-refractivity contribution >= 4 is 11.8 Å². The monoisotopic (exact) mass is 450 g/mol. The Hall–Kier alpha value is -3.22. The van der Waals surface area contributed by atoms with Crippen molar-refractivity contribution in [3.05, 3.63) is 70.8 Å². The summed E-state index contributed by atoms with van der Waals surface area (Å²) in [5, 5.41) is 27.7. The van der Waals surface area contributed by atoms with Crippen molar-refractivity contribution in [2.45, 2.75) is 44.5 Å². The molecule has 0 saturated carbocycles. The Bertz CT molecular complexity index is 988. The highest BCUT2D eigenvalue weighted by Crippen LogP contribution is 2.08. The molecule has 33 heavy (non-hydrogen) atoms. The van der Waals surface area contributed by atoms with Gasteiger partial charge in [0.15, 0.2) is 0 Å². The van der Waals surface area contributed by atoms with Gasteiger partial charge in [0, 0.05) is 35.8 Å². The third-order valence-corrected chi connectivity index (χ3v) is 5.51. The van der Waals surface area contributed by atoms with Crippen LogP contribution in [0.5, 0.6) is 0 Å². The summed E-state index contributed by atoms with van der Waals surface area (Å²) < 4.78 is 0. The molecule has 0 spiro atoms. The summed E-state index contributed by atoms with van der Waals surface area (Å²) in [6, 6.07) is 14.0. The molecule has 1 aliphatic rings. The predicted octanol–water partition coefficient (Wildman–Crippen LogP) is 0.913. The first-order chi connectivity index (χ1) is 16.0. The molecule has 0 aliphatic carbocycles. The fourth-order valence-corrected chi connectivity index (χ4v) is 3.54. The number of piperidine rings is 1. The molecule has 1 heterocycles. The molecule has 1 fully saturated rings. The van der Waals surface area contributed by atoms with E-state index in [1.165, 1.54) is 30.8 Å². The Balaban J connectivity index is 1.55. The standard InChI is InChI=1S/C25H30N4O4/c1-17(30)23(25(32)29-33)28-24(31)21-12-10-19(11-13-21)5-4-18-6-8-20(9-7-18)15-27-22-3-2-14-26-16-22/h6-13,17,22-23,26-27,30,33H,2-3,14-16H2,1H3,(H,28,31)(H,29,32)/t17-,22?,23+/m1/s1. The average Bonchev–Trinajstić information content (AvgIpc) is 2.85. The summed E-state index contributed by atoms with van der Waals surface area (Å²) in [5.41, 5.74) is 4.59. The molecular formula is C25H30N4O4. The maximum atomic E-state index is 12.3. The summed E-state index contributed by atoms with van der Waals surface area (Å²) in [4.78, 5) is 23.9. The van der Waals surface area contributed by atoms with E-state index in [1.807, 2.05) is 12.1 Å². The lowest BCUT2D eigenvalue weighted by molar-refractivity contribution is -0.133. The van der Waals surface area contributed by atoms with Gasteiger partial charge in [0.05, 0.1) is 6.10 Å². The van der Waals surface area contributed by atoms with Crippen LogP contribution < -0.4 is 21.4 Å². The Morgan fingerprint density at radius 1 is 1.09 bits per heavy atom. The van der Waals surface area contributed by atoms with Crippen molar-refractivity contribution < 1.29 is 19.9 Å². The van der Waals surface area contributed by atoms with Gasteiger partial charge < -0.3 is 21.1 Å². The van der Waals surface area contributed by atoms with Crippen LogP contribution in [0.15, 0.2) is 48.5 Å². The van der Waals surface area contributed by atoms with Crippen LogP contribution in [-0.2, 0) is 11.3 Å². The van der Waals surface area contributed by atoms with Crippen LogP contribution in [0.4, 0.5) is 0 Å². The van der Waals surface area contributed by atoms with E-state index < -0.39 is 24.0 Å². The second-order valence-corrected chi connectivity index (χ2v) is 8.12. The number of aliphatic hydroxyl groups excluding tert-OH is 1. The van der Waals surface area contributed by atoms with Crippen molar-refractivity contribution in [1.29, 1.82) is 0 Å². The molecule has 0 aromatic heterocycles. The minimum atomic E-state index is -1.26. The average molecular weight is 451 g/mol. The fraction of sp³-hybridized carbons (Fsp3) is 0.360. The molecule has 1 saturated heterocycles. The zero-order chi connectivity index (χ0) is 23.6. The van der Waals surface area contributed by atoms with Gasteiger partial charge in [0.25, 0.3) is 11.8 Å². The Kier molecular flexibility index (Phi) is 8.98. The first-order valence-electron chi connectivity index (χ1n) is 11.0. The first-order valence-corrected chi connectivity index (χ1v) is 11.0. The number of nitrogens with one attached hydrogen (secondary N) is 4. The number of rotatable bonds is 7. The lowest BCUT2D eigenvalue weighted by atomic mass is 10.1. The Labute approximate surface area is 193 Å². The molecule has 6 N–H and O–H groups in total. The molecule has 2 aromatic carbocycles. The van der Waals surface area contributed by atoms with E-state index in [0.29, 0.717) is 11.6 Å². The smallest absolute Gasteiger partial charge is 0.268 e. The zero-order valence-corrected chi connectivity index (χ0v) is 18.6. The third-order valence-electron chi connectivity index (χ3n) is 5.51. The van der Waals surface area contributed by atoms with Crippen LogP contribution in [0.3, 0.4) is 0 Å². The topological polar surface area (TPSA) is 123 Å². The van der Waals surface area contributed by atoms with Crippen LogP contribution in [-0.4, -0.2) is 53.4 Å².